The molecule has 3 nitrogen and oxygen atoms in total. The Kier molecular flexibility index (Phi) is 3.68. The van der Waals surface area contributed by atoms with Crippen LogP contribution >= 0.6 is 15.9 Å². The zero-order valence-corrected chi connectivity index (χ0v) is 14.3. The van der Waals surface area contributed by atoms with Crippen LogP contribution in [-0.4, -0.2) is 11.1 Å². The molecule has 0 unspecified atom stereocenters. The van der Waals surface area contributed by atoms with Crippen molar-refractivity contribution >= 4 is 27.6 Å². The van der Waals surface area contributed by atoms with Crippen LogP contribution in [0.15, 0.2) is 53.0 Å². The van der Waals surface area contributed by atoms with E-state index < -0.39 is 5.97 Å². The van der Waals surface area contributed by atoms with Gasteiger partial charge in [-0.25, -0.2) is 9.18 Å². The van der Waals surface area contributed by atoms with Gasteiger partial charge in [-0.15, -0.1) is 0 Å². The van der Waals surface area contributed by atoms with E-state index in [1.807, 2.05) is 18.2 Å². The third-order valence-electron chi connectivity index (χ3n) is 4.91. The fourth-order valence-corrected chi connectivity index (χ4v) is 4.34. The summed E-state index contributed by atoms with van der Waals surface area (Å²) in [7, 11) is 0. The first-order chi connectivity index (χ1) is 11.6. The summed E-state index contributed by atoms with van der Waals surface area (Å²) in [5.41, 5.74) is 2.36. The van der Waals surface area contributed by atoms with Gasteiger partial charge in [0.2, 0.25) is 0 Å². The van der Waals surface area contributed by atoms with Crippen molar-refractivity contribution in [3.8, 4) is 0 Å². The highest BCUT2D eigenvalue weighted by molar-refractivity contribution is 9.10. The molecule has 24 heavy (non-hydrogen) atoms. The summed E-state index contributed by atoms with van der Waals surface area (Å²) in [6.45, 7) is 0. The average molecular weight is 388 g/mol. The number of hydrogen-bond donors (Lipinski definition) is 2. The standard InChI is InChI=1S/C19H15BrFNO2/c20-10-8-15-11-6-3-7-12(11)17(22-18(15)16(21)9-10)13-4-1-2-5-14(13)19(23)24/h1-6,8-9,11-12,17,22H,7H2,(H,23,24)/t11-,12-,17+/m0/s1. The molecule has 0 fully saturated rings. The van der Waals surface area contributed by atoms with Crippen molar-refractivity contribution in [2.45, 2.75) is 18.4 Å². The Morgan fingerprint density at radius 2 is 2.04 bits per heavy atom. The van der Waals surface area contributed by atoms with Gasteiger partial charge in [-0.2, -0.15) is 0 Å². The molecule has 0 saturated carbocycles. The molecule has 3 atom stereocenters. The minimum atomic E-state index is -0.961. The Bertz CT molecular complexity index is 864. The molecule has 1 aliphatic carbocycles. The molecule has 0 spiro atoms. The molecule has 1 aliphatic heterocycles. The average Bonchev–Trinajstić information content (AvgIpc) is 3.04. The molecule has 1 heterocycles. The van der Waals surface area contributed by atoms with Gasteiger partial charge < -0.3 is 10.4 Å². The molecule has 2 aromatic rings. The molecular formula is C19H15BrFNO2. The van der Waals surface area contributed by atoms with Crippen molar-refractivity contribution in [3.63, 3.8) is 0 Å². The number of benzene rings is 2. The largest absolute Gasteiger partial charge is 0.478 e. The van der Waals surface area contributed by atoms with E-state index in [1.54, 1.807) is 12.1 Å². The predicted molar refractivity (Wildman–Crippen MR) is 93.9 cm³/mol. The molecular weight excluding hydrogens is 373 g/mol. The fourth-order valence-electron chi connectivity index (χ4n) is 3.89. The molecule has 2 aliphatic rings. The first-order valence-electron chi connectivity index (χ1n) is 7.80. The number of carbonyl (C=O) groups is 1. The monoisotopic (exact) mass is 387 g/mol. The van der Waals surface area contributed by atoms with Gasteiger partial charge in [0.05, 0.1) is 17.3 Å². The second-order valence-electron chi connectivity index (χ2n) is 6.22. The lowest BCUT2D eigenvalue weighted by Crippen LogP contribution is -2.31. The van der Waals surface area contributed by atoms with Gasteiger partial charge in [-0.3, -0.25) is 0 Å². The summed E-state index contributed by atoms with van der Waals surface area (Å²) >= 11 is 3.36. The number of carboxylic acid groups (broad SMARTS) is 1. The fraction of sp³-hybridized carbons (Fsp3) is 0.211. The van der Waals surface area contributed by atoms with Gasteiger partial charge >= 0.3 is 5.97 Å². The number of halogens is 2. The quantitative estimate of drug-likeness (QED) is 0.703. The maximum absolute atomic E-state index is 14.5. The van der Waals surface area contributed by atoms with Crippen molar-refractivity contribution in [2.75, 3.05) is 5.32 Å². The van der Waals surface area contributed by atoms with Crippen molar-refractivity contribution in [1.29, 1.82) is 0 Å². The molecule has 0 saturated heterocycles. The van der Waals surface area contributed by atoms with Crippen LogP contribution in [0, 0.1) is 11.7 Å². The van der Waals surface area contributed by atoms with E-state index in [-0.39, 0.29) is 29.3 Å². The van der Waals surface area contributed by atoms with E-state index >= 15 is 0 Å². The number of allylic oxidation sites excluding steroid dienone is 2. The van der Waals surface area contributed by atoms with Crippen LogP contribution in [0.25, 0.3) is 0 Å². The second-order valence-corrected chi connectivity index (χ2v) is 7.14. The Hall–Kier alpha value is -2.14. The summed E-state index contributed by atoms with van der Waals surface area (Å²) in [5, 5.41) is 12.8. The van der Waals surface area contributed by atoms with Gasteiger partial charge in [0.25, 0.3) is 0 Å². The van der Waals surface area contributed by atoms with Crippen LogP contribution < -0.4 is 5.32 Å². The van der Waals surface area contributed by atoms with Crippen molar-refractivity contribution in [1.82, 2.24) is 0 Å². The highest BCUT2D eigenvalue weighted by Gasteiger charge is 2.40. The Labute approximate surface area is 147 Å². The van der Waals surface area contributed by atoms with Crippen LogP contribution in [0.2, 0.25) is 0 Å². The third kappa shape index (κ3) is 2.35. The normalized spacial score (nSPS) is 24.2. The number of fused-ring (bicyclic) bond motifs is 3. The third-order valence-corrected chi connectivity index (χ3v) is 5.37. The smallest absolute Gasteiger partial charge is 0.336 e. The van der Waals surface area contributed by atoms with Crippen molar-refractivity contribution in [2.24, 2.45) is 5.92 Å². The van der Waals surface area contributed by atoms with Crippen molar-refractivity contribution in [3.05, 3.63) is 75.5 Å². The van der Waals surface area contributed by atoms with Gasteiger partial charge in [0, 0.05) is 10.4 Å². The predicted octanol–water partition coefficient (Wildman–Crippen LogP) is 5.11. The molecule has 0 amide bonds. The molecule has 0 radical (unpaired) electrons. The molecule has 0 bridgehead atoms. The van der Waals surface area contributed by atoms with E-state index in [4.69, 9.17) is 0 Å². The Morgan fingerprint density at radius 3 is 2.83 bits per heavy atom. The minimum Gasteiger partial charge on any atom is -0.478 e. The lowest BCUT2D eigenvalue weighted by Gasteiger charge is -2.38. The van der Waals surface area contributed by atoms with Crippen LogP contribution in [0.5, 0.6) is 0 Å². The van der Waals surface area contributed by atoms with E-state index in [0.717, 1.165) is 12.0 Å². The molecule has 4 rings (SSSR count). The number of nitrogens with one attached hydrogen (secondary N) is 1. The summed E-state index contributed by atoms with van der Waals surface area (Å²) in [4.78, 5) is 11.6. The summed E-state index contributed by atoms with van der Waals surface area (Å²) in [6, 6.07) is 10.1. The lowest BCUT2D eigenvalue weighted by molar-refractivity contribution is 0.0694. The molecule has 2 N–H and O–H groups in total. The molecule has 5 heteroatoms. The van der Waals surface area contributed by atoms with E-state index in [0.29, 0.717) is 15.7 Å². The van der Waals surface area contributed by atoms with E-state index in [9.17, 15) is 14.3 Å². The summed E-state index contributed by atoms with van der Waals surface area (Å²) in [5.74, 6) is -1.03. The Balaban J connectivity index is 1.86. The molecule has 122 valence electrons. The summed E-state index contributed by atoms with van der Waals surface area (Å²) < 4.78 is 15.2. The number of aromatic carboxylic acids is 1. The van der Waals surface area contributed by atoms with Crippen LogP contribution in [-0.2, 0) is 0 Å². The number of rotatable bonds is 2. The Morgan fingerprint density at radius 1 is 1.25 bits per heavy atom. The zero-order chi connectivity index (χ0) is 16.8. The van der Waals surface area contributed by atoms with Crippen molar-refractivity contribution < 1.29 is 14.3 Å². The maximum atomic E-state index is 14.5. The van der Waals surface area contributed by atoms with E-state index in [1.165, 1.54) is 6.07 Å². The van der Waals surface area contributed by atoms with Gasteiger partial charge in [0.1, 0.15) is 5.82 Å². The zero-order valence-electron chi connectivity index (χ0n) is 12.7. The van der Waals surface area contributed by atoms with Gasteiger partial charge in [-0.1, -0.05) is 46.3 Å². The van der Waals surface area contributed by atoms with Gasteiger partial charge in [-0.05, 0) is 41.7 Å². The summed E-state index contributed by atoms with van der Waals surface area (Å²) in [6.07, 6.45) is 5.04. The first-order valence-corrected chi connectivity index (χ1v) is 8.60. The number of carboxylic acids is 1. The molecule has 0 aromatic heterocycles. The number of hydrogen-bond acceptors (Lipinski definition) is 2. The first kappa shape index (κ1) is 15.4. The van der Waals surface area contributed by atoms with Gasteiger partial charge in [0.15, 0.2) is 0 Å². The topological polar surface area (TPSA) is 49.3 Å². The van der Waals surface area contributed by atoms with Crippen LogP contribution in [0.1, 0.15) is 39.9 Å². The number of anilines is 1. The lowest BCUT2D eigenvalue weighted by atomic mass is 9.76. The van der Waals surface area contributed by atoms with E-state index in [2.05, 4.69) is 33.4 Å². The highest BCUT2D eigenvalue weighted by Crippen LogP contribution is 2.51. The highest BCUT2D eigenvalue weighted by atomic mass is 79.9. The van der Waals surface area contributed by atoms with Crippen LogP contribution in [0.4, 0.5) is 10.1 Å². The molecule has 2 aromatic carbocycles. The second kappa shape index (κ2) is 5.74. The minimum absolute atomic E-state index is 0.0834. The SMILES string of the molecule is O=C(O)c1ccccc1[C@@H]1Nc2c(F)cc(Br)cc2[C@H]2C=CC[C@@H]21. The van der Waals surface area contributed by atoms with Crippen LogP contribution in [0.3, 0.4) is 0 Å². The maximum Gasteiger partial charge on any atom is 0.336 e.